The number of hydrogen-bond acceptors (Lipinski definition) is 3. The predicted octanol–water partition coefficient (Wildman–Crippen LogP) is 3.46. The molecule has 0 radical (unpaired) electrons. The topological polar surface area (TPSA) is 46.5 Å². The highest BCUT2D eigenvalue weighted by Gasteiger charge is 2.17. The number of carbonyl (C=O) groups is 1. The van der Waals surface area contributed by atoms with Gasteiger partial charge in [-0.1, -0.05) is 19.3 Å². The van der Waals surface area contributed by atoms with E-state index in [0.717, 1.165) is 29.4 Å². The molecule has 94 valence electrons. The summed E-state index contributed by atoms with van der Waals surface area (Å²) in [6.07, 6.45) is 5.22. The van der Waals surface area contributed by atoms with Gasteiger partial charge in [0.15, 0.2) is 0 Å². The van der Waals surface area contributed by atoms with E-state index in [9.17, 15) is 4.79 Å². The quantitative estimate of drug-likeness (QED) is 0.791. The molecule has 0 bridgehead atoms. The highest BCUT2D eigenvalue weighted by molar-refractivity contribution is 7.14. The van der Waals surface area contributed by atoms with Crippen molar-refractivity contribution < 1.29 is 14.6 Å². The zero-order chi connectivity index (χ0) is 12.3. The summed E-state index contributed by atoms with van der Waals surface area (Å²) < 4.78 is 5.61. The Bertz CT molecular complexity index is 393. The molecule has 1 saturated carbocycles. The Balaban J connectivity index is 1.75. The summed E-state index contributed by atoms with van der Waals surface area (Å²) in [4.78, 5) is 12.3. The van der Waals surface area contributed by atoms with E-state index in [4.69, 9.17) is 9.84 Å². The third kappa shape index (κ3) is 3.30. The fraction of sp³-hybridized carbons (Fsp3) is 0.615. The molecule has 2 rings (SSSR count). The molecule has 1 aromatic rings. The van der Waals surface area contributed by atoms with Gasteiger partial charge in [0.25, 0.3) is 0 Å². The lowest BCUT2D eigenvalue weighted by Crippen LogP contribution is -2.13. The van der Waals surface area contributed by atoms with Gasteiger partial charge in [-0.25, -0.2) is 4.79 Å². The fourth-order valence-electron chi connectivity index (χ4n) is 1.98. The van der Waals surface area contributed by atoms with Crippen molar-refractivity contribution in [1.29, 1.82) is 0 Å². The van der Waals surface area contributed by atoms with Crippen molar-refractivity contribution in [2.45, 2.75) is 39.2 Å². The normalized spacial score (nSPS) is 15.8. The van der Waals surface area contributed by atoms with Gasteiger partial charge < -0.3 is 9.84 Å². The highest BCUT2D eigenvalue weighted by atomic mass is 32.1. The predicted molar refractivity (Wildman–Crippen MR) is 67.6 cm³/mol. The largest absolute Gasteiger partial charge is 0.477 e. The second-order valence-corrected chi connectivity index (χ2v) is 5.89. The summed E-state index contributed by atoms with van der Waals surface area (Å²) >= 11 is 1.32. The maximum absolute atomic E-state index is 10.8. The van der Waals surface area contributed by atoms with Crippen molar-refractivity contribution in [2.75, 3.05) is 6.61 Å². The molecule has 0 aromatic carbocycles. The second-order valence-electron chi connectivity index (χ2n) is 4.64. The Morgan fingerprint density at radius 1 is 1.59 bits per heavy atom. The lowest BCUT2D eigenvalue weighted by molar-refractivity contribution is 0.0701. The molecule has 0 spiro atoms. The Labute approximate surface area is 105 Å². The van der Waals surface area contributed by atoms with E-state index in [1.807, 2.05) is 6.92 Å². The first-order chi connectivity index (χ1) is 8.16. The number of aryl methyl sites for hydroxylation is 1. The molecule has 0 atom stereocenters. The first-order valence-electron chi connectivity index (χ1n) is 6.07. The van der Waals surface area contributed by atoms with Crippen LogP contribution in [0, 0.1) is 12.8 Å². The van der Waals surface area contributed by atoms with E-state index >= 15 is 0 Å². The van der Waals surface area contributed by atoms with E-state index in [1.165, 1.54) is 30.6 Å². The lowest BCUT2D eigenvalue weighted by Gasteiger charge is -2.24. The standard InChI is InChI=1S/C13H18O3S/c1-9-11(7-12(17-9)13(14)15)8-16-6-5-10-3-2-4-10/h7,10H,2-6,8H2,1H3,(H,14,15). The molecule has 1 fully saturated rings. The van der Waals surface area contributed by atoms with E-state index in [1.54, 1.807) is 6.07 Å². The van der Waals surface area contributed by atoms with Crippen molar-refractivity contribution in [3.8, 4) is 0 Å². The first-order valence-corrected chi connectivity index (χ1v) is 6.89. The minimum absolute atomic E-state index is 0.403. The average Bonchev–Trinajstić information content (AvgIpc) is 2.57. The summed E-state index contributed by atoms with van der Waals surface area (Å²) in [7, 11) is 0. The summed E-state index contributed by atoms with van der Waals surface area (Å²) in [5.41, 5.74) is 1.01. The molecule has 0 aliphatic heterocycles. The first kappa shape index (κ1) is 12.6. The zero-order valence-corrected chi connectivity index (χ0v) is 10.9. The molecular weight excluding hydrogens is 236 g/mol. The summed E-state index contributed by atoms with van der Waals surface area (Å²) in [6.45, 7) is 3.28. The Hall–Kier alpha value is -0.870. The number of carboxylic acids is 1. The van der Waals surface area contributed by atoms with Gasteiger partial charge in [-0.2, -0.15) is 0 Å². The van der Waals surface area contributed by atoms with Gasteiger partial charge in [-0.3, -0.25) is 0 Å². The third-order valence-corrected chi connectivity index (χ3v) is 4.46. The molecule has 0 saturated heterocycles. The van der Waals surface area contributed by atoms with Gasteiger partial charge >= 0.3 is 5.97 Å². The van der Waals surface area contributed by atoms with Gasteiger partial charge in [0.1, 0.15) is 4.88 Å². The van der Waals surface area contributed by atoms with Gasteiger partial charge in [-0.15, -0.1) is 11.3 Å². The van der Waals surface area contributed by atoms with Gasteiger partial charge in [0.05, 0.1) is 6.61 Å². The minimum atomic E-state index is -0.848. The van der Waals surface area contributed by atoms with Gasteiger partial charge in [0.2, 0.25) is 0 Å². The van der Waals surface area contributed by atoms with Crippen LogP contribution in [0.25, 0.3) is 0 Å². The minimum Gasteiger partial charge on any atom is -0.477 e. The molecular formula is C13H18O3S. The molecule has 1 aliphatic rings. The molecule has 1 heterocycles. The lowest BCUT2D eigenvalue weighted by atomic mass is 9.83. The van der Waals surface area contributed by atoms with Gasteiger partial charge in [-0.05, 0) is 30.9 Å². The monoisotopic (exact) mass is 254 g/mol. The van der Waals surface area contributed by atoms with Crippen LogP contribution >= 0.6 is 11.3 Å². The molecule has 1 aliphatic carbocycles. The SMILES string of the molecule is Cc1sc(C(=O)O)cc1COCCC1CCC1. The molecule has 1 aromatic heterocycles. The molecule has 3 nitrogen and oxygen atoms in total. The van der Waals surface area contributed by atoms with Gasteiger partial charge in [0, 0.05) is 11.5 Å². The van der Waals surface area contributed by atoms with E-state index in [2.05, 4.69) is 0 Å². The van der Waals surface area contributed by atoms with Crippen LogP contribution in [0.2, 0.25) is 0 Å². The van der Waals surface area contributed by atoms with Crippen LogP contribution in [0.4, 0.5) is 0 Å². The maximum atomic E-state index is 10.8. The van der Waals surface area contributed by atoms with Crippen LogP contribution in [-0.4, -0.2) is 17.7 Å². The second kappa shape index (κ2) is 5.65. The van der Waals surface area contributed by atoms with Crippen LogP contribution in [-0.2, 0) is 11.3 Å². The van der Waals surface area contributed by atoms with Crippen molar-refractivity contribution in [3.63, 3.8) is 0 Å². The summed E-state index contributed by atoms with van der Waals surface area (Å²) in [5.74, 6) is 0.0203. The van der Waals surface area contributed by atoms with Crippen molar-refractivity contribution in [2.24, 2.45) is 5.92 Å². The average molecular weight is 254 g/mol. The number of carboxylic acid groups (broad SMARTS) is 1. The van der Waals surface area contributed by atoms with Crippen LogP contribution in [0.1, 0.15) is 45.8 Å². The Morgan fingerprint density at radius 2 is 2.35 bits per heavy atom. The van der Waals surface area contributed by atoms with Crippen LogP contribution in [0.15, 0.2) is 6.07 Å². The molecule has 0 amide bonds. The van der Waals surface area contributed by atoms with Crippen LogP contribution in [0.5, 0.6) is 0 Å². The van der Waals surface area contributed by atoms with Crippen molar-refractivity contribution in [3.05, 3.63) is 21.4 Å². The third-order valence-electron chi connectivity index (χ3n) is 3.38. The molecule has 1 N–H and O–H groups in total. The van der Waals surface area contributed by atoms with Crippen molar-refractivity contribution >= 4 is 17.3 Å². The number of rotatable bonds is 6. The number of hydrogen-bond donors (Lipinski definition) is 1. The van der Waals surface area contributed by atoms with E-state index in [0.29, 0.717) is 11.5 Å². The fourth-order valence-corrected chi connectivity index (χ4v) is 2.85. The van der Waals surface area contributed by atoms with Crippen molar-refractivity contribution in [1.82, 2.24) is 0 Å². The number of aromatic carboxylic acids is 1. The molecule has 0 unspecified atom stereocenters. The summed E-state index contributed by atoms with van der Waals surface area (Å²) in [6, 6.07) is 1.73. The number of thiophene rings is 1. The number of ether oxygens (including phenoxy) is 1. The van der Waals surface area contributed by atoms with Crippen LogP contribution in [0.3, 0.4) is 0 Å². The van der Waals surface area contributed by atoms with E-state index in [-0.39, 0.29) is 0 Å². The molecule has 4 heteroatoms. The molecule has 17 heavy (non-hydrogen) atoms. The Kier molecular flexibility index (Phi) is 4.18. The zero-order valence-electron chi connectivity index (χ0n) is 10.1. The van der Waals surface area contributed by atoms with Crippen LogP contribution < -0.4 is 0 Å². The van der Waals surface area contributed by atoms with E-state index < -0.39 is 5.97 Å². The highest BCUT2D eigenvalue weighted by Crippen LogP contribution is 2.29. The Morgan fingerprint density at radius 3 is 2.88 bits per heavy atom. The smallest absolute Gasteiger partial charge is 0.345 e. The summed E-state index contributed by atoms with van der Waals surface area (Å²) in [5, 5.41) is 8.88. The maximum Gasteiger partial charge on any atom is 0.345 e.